The molecule has 0 fully saturated rings. The van der Waals surface area contributed by atoms with Crippen molar-refractivity contribution in [3.05, 3.63) is 35.4 Å². The predicted octanol–water partition coefficient (Wildman–Crippen LogP) is 1.06. The van der Waals surface area contributed by atoms with Gasteiger partial charge in [0.05, 0.1) is 13.7 Å². The Kier molecular flexibility index (Phi) is 10.1. The molecule has 0 radical (unpaired) electrons. The Balaban J connectivity index is 3.24. The van der Waals surface area contributed by atoms with Crippen LogP contribution in [0, 0.1) is 6.92 Å². The third kappa shape index (κ3) is 8.18. The smallest absolute Gasteiger partial charge is 0.408 e. The standard InChI is InChI=1S/C22H33N3O7/c1-14-9-7-8-10-16(14)18(19(28)23-13-17(27)31-6)25(11-12-26)20(29)15(2)24-21(30)32-22(3,4)5/h7-10,15,18,26H,11-13H2,1-6H3,(H,23,28)(H,24,30). The highest BCUT2D eigenvalue weighted by Gasteiger charge is 2.35. The molecule has 3 amide bonds. The zero-order valence-corrected chi connectivity index (χ0v) is 19.4. The SMILES string of the molecule is COC(=O)CNC(=O)C(c1ccccc1C)N(CCO)C(=O)C(C)NC(=O)OC(C)(C)C. The van der Waals surface area contributed by atoms with Crippen molar-refractivity contribution in [2.75, 3.05) is 26.8 Å². The summed E-state index contributed by atoms with van der Waals surface area (Å²) in [5, 5.41) is 14.5. The Morgan fingerprint density at radius 2 is 1.78 bits per heavy atom. The fraction of sp³-hybridized carbons (Fsp3) is 0.545. The number of nitrogens with zero attached hydrogens (tertiary/aromatic N) is 1. The highest BCUT2D eigenvalue weighted by Crippen LogP contribution is 2.25. The Morgan fingerprint density at radius 1 is 1.16 bits per heavy atom. The number of amides is 3. The quantitative estimate of drug-likeness (QED) is 0.478. The minimum atomic E-state index is -1.15. The van der Waals surface area contributed by atoms with Crippen LogP contribution >= 0.6 is 0 Å². The van der Waals surface area contributed by atoms with E-state index in [1.54, 1.807) is 52.0 Å². The van der Waals surface area contributed by atoms with Crippen LogP contribution in [0.3, 0.4) is 0 Å². The lowest BCUT2D eigenvalue weighted by atomic mass is 9.98. The Morgan fingerprint density at radius 3 is 2.31 bits per heavy atom. The molecule has 2 unspecified atom stereocenters. The van der Waals surface area contributed by atoms with Gasteiger partial charge >= 0.3 is 12.1 Å². The first-order valence-electron chi connectivity index (χ1n) is 10.2. The molecule has 10 nitrogen and oxygen atoms in total. The molecule has 1 rings (SSSR count). The van der Waals surface area contributed by atoms with E-state index in [0.717, 1.165) is 10.5 Å². The van der Waals surface area contributed by atoms with E-state index in [0.29, 0.717) is 5.56 Å². The predicted molar refractivity (Wildman–Crippen MR) is 117 cm³/mol. The molecule has 0 bridgehead atoms. The molecule has 10 heteroatoms. The Hall–Kier alpha value is -3.14. The van der Waals surface area contributed by atoms with Crippen molar-refractivity contribution in [3.8, 4) is 0 Å². The van der Waals surface area contributed by atoms with Gasteiger partial charge < -0.3 is 30.1 Å². The summed E-state index contributed by atoms with van der Waals surface area (Å²) in [6.45, 7) is 7.33. The molecule has 0 saturated heterocycles. The van der Waals surface area contributed by atoms with Gasteiger partial charge in [0.15, 0.2) is 0 Å². The lowest BCUT2D eigenvalue weighted by molar-refractivity contribution is -0.145. The number of methoxy groups -OCH3 is 1. The number of hydrogen-bond acceptors (Lipinski definition) is 7. The largest absolute Gasteiger partial charge is 0.468 e. The van der Waals surface area contributed by atoms with Crippen molar-refractivity contribution in [3.63, 3.8) is 0 Å². The zero-order valence-electron chi connectivity index (χ0n) is 19.4. The van der Waals surface area contributed by atoms with Crippen LogP contribution in [-0.2, 0) is 23.9 Å². The molecular formula is C22H33N3O7. The van der Waals surface area contributed by atoms with Crippen molar-refractivity contribution in [1.29, 1.82) is 0 Å². The van der Waals surface area contributed by atoms with Crippen molar-refractivity contribution in [1.82, 2.24) is 15.5 Å². The molecule has 1 aromatic rings. The summed E-state index contributed by atoms with van der Waals surface area (Å²) in [6.07, 6.45) is -0.787. The summed E-state index contributed by atoms with van der Waals surface area (Å²) >= 11 is 0. The molecule has 1 aromatic carbocycles. The number of rotatable bonds is 9. The van der Waals surface area contributed by atoms with Crippen LogP contribution in [0.4, 0.5) is 4.79 Å². The number of aliphatic hydroxyl groups excluding tert-OH is 1. The van der Waals surface area contributed by atoms with Crippen LogP contribution in [0.1, 0.15) is 44.9 Å². The zero-order chi connectivity index (χ0) is 24.5. The fourth-order valence-electron chi connectivity index (χ4n) is 2.94. The summed E-state index contributed by atoms with van der Waals surface area (Å²) in [7, 11) is 1.19. The molecule has 0 aliphatic rings. The van der Waals surface area contributed by atoms with Gasteiger partial charge in [-0.05, 0) is 45.7 Å². The van der Waals surface area contributed by atoms with Crippen LogP contribution in [-0.4, -0.2) is 72.3 Å². The number of ether oxygens (including phenoxy) is 2. The molecule has 32 heavy (non-hydrogen) atoms. The maximum absolute atomic E-state index is 13.2. The van der Waals surface area contributed by atoms with E-state index in [4.69, 9.17) is 4.74 Å². The number of aryl methyl sites for hydroxylation is 1. The van der Waals surface area contributed by atoms with Gasteiger partial charge in [-0.2, -0.15) is 0 Å². The molecule has 0 aromatic heterocycles. The number of carbonyl (C=O) groups is 4. The Bertz CT molecular complexity index is 820. The van der Waals surface area contributed by atoms with Crippen molar-refractivity contribution in [2.24, 2.45) is 0 Å². The molecule has 178 valence electrons. The molecule has 0 spiro atoms. The van der Waals surface area contributed by atoms with E-state index >= 15 is 0 Å². The maximum Gasteiger partial charge on any atom is 0.408 e. The normalized spacial score (nSPS) is 12.8. The summed E-state index contributed by atoms with van der Waals surface area (Å²) in [4.78, 5) is 51.1. The topological polar surface area (TPSA) is 134 Å². The molecule has 0 heterocycles. The van der Waals surface area contributed by atoms with Crippen LogP contribution in [0.15, 0.2) is 24.3 Å². The van der Waals surface area contributed by atoms with Crippen molar-refractivity contribution >= 4 is 23.9 Å². The van der Waals surface area contributed by atoms with Gasteiger partial charge in [-0.1, -0.05) is 24.3 Å². The second-order valence-electron chi connectivity index (χ2n) is 8.18. The maximum atomic E-state index is 13.2. The van der Waals surface area contributed by atoms with Crippen LogP contribution in [0.5, 0.6) is 0 Å². The first kappa shape index (κ1) is 26.9. The first-order valence-corrected chi connectivity index (χ1v) is 10.2. The van der Waals surface area contributed by atoms with Crippen molar-refractivity contribution < 1.29 is 33.8 Å². The first-order chi connectivity index (χ1) is 14.9. The van der Waals surface area contributed by atoms with E-state index in [2.05, 4.69) is 15.4 Å². The van der Waals surface area contributed by atoms with Gasteiger partial charge in [-0.3, -0.25) is 14.4 Å². The number of alkyl carbamates (subject to hydrolysis) is 1. The van der Waals surface area contributed by atoms with E-state index in [1.807, 2.05) is 0 Å². The lowest BCUT2D eigenvalue weighted by Crippen LogP contribution is -2.53. The fourth-order valence-corrected chi connectivity index (χ4v) is 2.94. The van der Waals surface area contributed by atoms with Gasteiger partial charge in [0.25, 0.3) is 0 Å². The van der Waals surface area contributed by atoms with E-state index in [9.17, 15) is 24.3 Å². The van der Waals surface area contributed by atoms with E-state index in [1.165, 1.54) is 14.0 Å². The average Bonchev–Trinajstić information content (AvgIpc) is 2.70. The minimum Gasteiger partial charge on any atom is -0.468 e. The summed E-state index contributed by atoms with van der Waals surface area (Å²) in [5.41, 5.74) is 0.491. The number of benzene rings is 1. The van der Waals surface area contributed by atoms with E-state index < -0.39 is 48.2 Å². The highest BCUT2D eigenvalue weighted by atomic mass is 16.6. The number of aliphatic hydroxyl groups is 1. The second-order valence-corrected chi connectivity index (χ2v) is 8.18. The molecule has 0 aliphatic heterocycles. The highest BCUT2D eigenvalue weighted by molar-refractivity contribution is 5.93. The number of nitrogens with one attached hydrogen (secondary N) is 2. The molecule has 0 aliphatic carbocycles. The third-order valence-electron chi connectivity index (χ3n) is 4.41. The molecule has 0 saturated carbocycles. The molecule has 2 atom stereocenters. The second kappa shape index (κ2) is 12.0. The van der Waals surface area contributed by atoms with Gasteiger partial charge in [0, 0.05) is 6.54 Å². The van der Waals surface area contributed by atoms with Gasteiger partial charge in [0.1, 0.15) is 24.2 Å². The summed E-state index contributed by atoms with van der Waals surface area (Å²) in [6, 6.07) is 4.76. The van der Waals surface area contributed by atoms with Crippen LogP contribution in [0.2, 0.25) is 0 Å². The molecular weight excluding hydrogens is 418 g/mol. The third-order valence-corrected chi connectivity index (χ3v) is 4.41. The van der Waals surface area contributed by atoms with E-state index in [-0.39, 0.29) is 13.1 Å². The molecule has 3 N–H and O–H groups in total. The monoisotopic (exact) mass is 451 g/mol. The Labute approximate surface area is 188 Å². The summed E-state index contributed by atoms with van der Waals surface area (Å²) in [5.74, 6) is -1.88. The number of hydrogen-bond donors (Lipinski definition) is 3. The van der Waals surface area contributed by atoms with Gasteiger partial charge in [-0.25, -0.2) is 4.79 Å². The average molecular weight is 452 g/mol. The minimum absolute atomic E-state index is 0.177. The number of carbonyl (C=O) groups excluding carboxylic acids is 4. The summed E-state index contributed by atoms with van der Waals surface area (Å²) < 4.78 is 9.74. The lowest BCUT2D eigenvalue weighted by Gasteiger charge is -2.33. The van der Waals surface area contributed by atoms with Crippen LogP contribution < -0.4 is 10.6 Å². The number of esters is 1. The van der Waals surface area contributed by atoms with Gasteiger partial charge in [0.2, 0.25) is 11.8 Å². The van der Waals surface area contributed by atoms with Gasteiger partial charge in [-0.15, -0.1) is 0 Å². The van der Waals surface area contributed by atoms with Crippen LogP contribution in [0.25, 0.3) is 0 Å². The van der Waals surface area contributed by atoms with Crippen molar-refractivity contribution in [2.45, 2.75) is 52.3 Å².